The maximum absolute atomic E-state index is 4.61. The van der Waals surface area contributed by atoms with E-state index in [2.05, 4.69) is 63.8 Å². The second-order valence-electron chi connectivity index (χ2n) is 5.61. The van der Waals surface area contributed by atoms with Crippen LogP contribution in [-0.2, 0) is 13.6 Å². The van der Waals surface area contributed by atoms with E-state index in [9.17, 15) is 0 Å². The Balaban J connectivity index is 1.90. The average molecular weight is 310 g/mol. The van der Waals surface area contributed by atoms with Crippen LogP contribution in [0.25, 0.3) is 11.0 Å². The number of nitrogens with one attached hydrogen (secondary N) is 2. The molecule has 0 fully saturated rings. The number of rotatable bonds is 6. The lowest BCUT2D eigenvalue weighted by molar-refractivity contribution is 0.785. The molecular formula is C17H22N6. The standard InChI is InChI=1S/C17H22N6/c1-4-9-18-17-21-15(14-11-20-23(3)16(14)22-17)19-10-13-8-6-5-7-12(13)2/h5-8,11H,4,9-10H2,1-3H3,(H2,18,19,21,22). The second kappa shape index (κ2) is 6.64. The SMILES string of the molecule is CCCNc1nc(NCc2ccccc2C)c2cnn(C)c2n1. The Morgan fingerprint density at radius 3 is 2.74 bits per heavy atom. The minimum absolute atomic E-state index is 0.634. The molecule has 0 unspecified atom stereocenters. The lowest BCUT2D eigenvalue weighted by Crippen LogP contribution is -2.09. The third-order valence-corrected chi connectivity index (χ3v) is 3.83. The van der Waals surface area contributed by atoms with Crippen molar-refractivity contribution in [2.75, 3.05) is 17.2 Å². The second-order valence-corrected chi connectivity index (χ2v) is 5.61. The van der Waals surface area contributed by atoms with E-state index in [0.29, 0.717) is 5.95 Å². The van der Waals surface area contributed by atoms with Crippen LogP contribution in [0.3, 0.4) is 0 Å². The molecule has 0 amide bonds. The van der Waals surface area contributed by atoms with Crippen LogP contribution in [0.2, 0.25) is 0 Å². The van der Waals surface area contributed by atoms with Gasteiger partial charge in [-0.2, -0.15) is 15.1 Å². The van der Waals surface area contributed by atoms with Gasteiger partial charge in [0, 0.05) is 20.1 Å². The monoisotopic (exact) mass is 310 g/mol. The molecule has 0 saturated heterocycles. The third kappa shape index (κ3) is 3.26. The first-order valence-electron chi connectivity index (χ1n) is 7.91. The number of aryl methyl sites for hydroxylation is 2. The van der Waals surface area contributed by atoms with Gasteiger partial charge in [0.1, 0.15) is 5.82 Å². The molecule has 0 spiro atoms. The first-order valence-corrected chi connectivity index (χ1v) is 7.91. The zero-order chi connectivity index (χ0) is 16.2. The van der Waals surface area contributed by atoms with E-state index in [4.69, 9.17) is 0 Å². The number of fused-ring (bicyclic) bond motifs is 1. The van der Waals surface area contributed by atoms with Crippen molar-refractivity contribution in [3.63, 3.8) is 0 Å². The fourth-order valence-electron chi connectivity index (χ4n) is 2.46. The molecule has 3 aromatic rings. The van der Waals surface area contributed by atoms with Crippen LogP contribution in [0, 0.1) is 6.92 Å². The van der Waals surface area contributed by atoms with Gasteiger partial charge >= 0.3 is 0 Å². The lowest BCUT2D eigenvalue weighted by Gasteiger charge is -2.11. The van der Waals surface area contributed by atoms with Gasteiger partial charge in [-0.05, 0) is 24.5 Å². The summed E-state index contributed by atoms with van der Waals surface area (Å²) >= 11 is 0. The summed E-state index contributed by atoms with van der Waals surface area (Å²) in [6.07, 6.45) is 2.83. The normalized spacial score (nSPS) is 10.9. The molecule has 23 heavy (non-hydrogen) atoms. The van der Waals surface area contributed by atoms with Crippen molar-refractivity contribution in [2.45, 2.75) is 26.8 Å². The zero-order valence-corrected chi connectivity index (χ0v) is 13.8. The fourth-order valence-corrected chi connectivity index (χ4v) is 2.46. The summed E-state index contributed by atoms with van der Waals surface area (Å²) in [5.74, 6) is 1.44. The van der Waals surface area contributed by atoms with E-state index >= 15 is 0 Å². The van der Waals surface area contributed by atoms with Crippen LogP contribution in [0.15, 0.2) is 30.5 Å². The summed E-state index contributed by atoms with van der Waals surface area (Å²) in [5.41, 5.74) is 3.35. The van der Waals surface area contributed by atoms with Crippen molar-refractivity contribution >= 4 is 22.8 Å². The van der Waals surface area contributed by atoms with Crippen molar-refractivity contribution in [1.82, 2.24) is 19.7 Å². The molecular weight excluding hydrogens is 288 g/mol. The first-order chi connectivity index (χ1) is 11.2. The van der Waals surface area contributed by atoms with Crippen molar-refractivity contribution in [1.29, 1.82) is 0 Å². The molecule has 120 valence electrons. The number of hydrogen-bond donors (Lipinski definition) is 2. The highest BCUT2D eigenvalue weighted by Gasteiger charge is 2.11. The van der Waals surface area contributed by atoms with Gasteiger partial charge in [-0.15, -0.1) is 0 Å². The summed E-state index contributed by atoms with van der Waals surface area (Å²) in [6.45, 7) is 5.80. The number of benzene rings is 1. The molecule has 0 aliphatic heterocycles. The van der Waals surface area contributed by atoms with Crippen molar-refractivity contribution in [3.05, 3.63) is 41.6 Å². The molecule has 0 radical (unpaired) electrons. The summed E-state index contributed by atoms with van der Waals surface area (Å²) in [6, 6.07) is 8.35. The first kappa shape index (κ1) is 15.3. The van der Waals surface area contributed by atoms with Crippen molar-refractivity contribution < 1.29 is 0 Å². The summed E-state index contributed by atoms with van der Waals surface area (Å²) < 4.78 is 1.77. The number of aromatic nitrogens is 4. The highest BCUT2D eigenvalue weighted by atomic mass is 15.3. The summed E-state index contributed by atoms with van der Waals surface area (Å²) in [7, 11) is 1.89. The molecule has 6 nitrogen and oxygen atoms in total. The zero-order valence-electron chi connectivity index (χ0n) is 13.8. The van der Waals surface area contributed by atoms with Crippen molar-refractivity contribution in [2.24, 2.45) is 7.05 Å². The Bertz CT molecular complexity index is 808. The van der Waals surface area contributed by atoms with E-state index in [1.54, 1.807) is 10.9 Å². The fraction of sp³-hybridized carbons (Fsp3) is 0.353. The molecule has 0 saturated carbocycles. The molecule has 0 aliphatic rings. The molecule has 2 aromatic heterocycles. The minimum Gasteiger partial charge on any atom is -0.365 e. The Labute approximate surface area is 136 Å². The number of anilines is 2. The van der Waals surface area contributed by atoms with Gasteiger partial charge in [-0.3, -0.25) is 4.68 Å². The van der Waals surface area contributed by atoms with Crippen LogP contribution in [-0.4, -0.2) is 26.3 Å². The summed E-state index contributed by atoms with van der Waals surface area (Å²) in [4.78, 5) is 9.15. The third-order valence-electron chi connectivity index (χ3n) is 3.83. The van der Waals surface area contributed by atoms with E-state index in [1.807, 2.05) is 7.05 Å². The Hall–Kier alpha value is -2.63. The Kier molecular flexibility index (Phi) is 4.41. The molecule has 3 rings (SSSR count). The highest BCUT2D eigenvalue weighted by molar-refractivity contribution is 5.87. The van der Waals surface area contributed by atoms with Crippen molar-refractivity contribution in [3.8, 4) is 0 Å². The van der Waals surface area contributed by atoms with Gasteiger partial charge in [0.15, 0.2) is 5.65 Å². The number of nitrogens with zero attached hydrogens (tertiary/aromatic N) is 4. The Morgan fingerprint density at radius 2 is 1.96 bits per heavy atom. The van der Waals surface area contributed by atoms with Crippen LogP contribution >= 0.6 is 0 Å². The molecule has 1 aromatic carbocycles. The van der Waals surface area contributed by atoms with E-state index in [0.717, 1.165) is 36.4 Å². The quantitative estimate of drug-likeness (QED) is 0.732. The maximum atomic E-state index is 4.61. The molecule has 6 heteroatoms. The van der Waals surface area contributed by atoms with Crippen LogP contribution in [0.5, 0.6) is 0 Å². The van der Waals surface area contributed by atoms with E-state index in [1.165, 1.54) is 11.1 Å². The molecule has 2 N–H and O–H groups in total. The van der Waals surface area contributed by atoms with Gasteiger partial charge in [0.2, 0.25) is 5.95 Å². The van der Waals surface area contributed by atoms with Gasteiger partial charge < -0.3 is 10.6 Å². The topological polar surface area (TPSA) is 67.7 Å². The van der Waals surface area contributed by atoms with Crippen LogP contribution in [0.1, 0.15) is 24.5 Å². The molecule has 0 aliphatic carbocycles. The van der Waals surface area contributed by atoms with Gasteiger partial charge in [-0.1, -0.05) is 31.2 Å². The van der Waals surface area contributed by atoms with E-state index < -0.39 is 0 Å². The number of hydrogen-bond acceptors (Lipinski definition) is 5. The smallest absolute Gasteiger partial charge is 0.226 e. The van der Waals surface area contributed by atoms with Crippen LogP contribution in [0.4, 0.5) is 11.8 Å². The molecule has 2 heterocycles. The molecule has 0 atom stereocenters. The predicted molar refractivity (Wildman–Crippen MR) is 93.6 cm³/mol. The van der Waals surface area contributed by atoms with Gasteiger partial charge in [-0.25, -0.2) is 0 Å². The highest BCUT2D eigenvalue weighted by Crippen LogP contribution is 2.22. The summed E-state index contributed by atoms with van der Waals surface area (Å²) in [5, 5.41) is 11.9. The lowest BCUT2D eigenvalue weighted by atomic mass is 10.1. The Morgan fingerprint density at radius 1 is 1.13 bits per heavy atom. The largest absolute Gasteiger partial charge is 0.365 e. The predicted octanol–water partition coefficient (Wildman–Crippen LogP) is 3.11. The van der Waals surface area contributed by atoms with E-state index in [-0.39, 0.29) is 0 Å². The maximum Gasteiger partial charge on any atom is 0.226 e. The van der Waals surface area contributed by atoms with Gasteiger partial charge in [0.25, 0.3) is 0 Å². The minimum atomic E-state index is 0.634. The van der Waals surface area contributed by atoms with Crippen LogP contribution < -0.4 is 10.6 Å². The molecule has 0 bridgehead atoms. The van der Waals surface area contributed by atoms with Gasteiger partial charge in [0.05, 0.1) is 11.6 Å². The average Bonchev–Trinajstić information content (AvgIpc) is 2.93.